The van der Waals surface area contributed by atoms with E-state index in [2.05, 4.69) is 10.6 Å². The minimum Gasteiger partial charge on any atom is -0.480 e. The van der Waals surface area contributed by atoms with Crippen molar-refractivity contribution < 1.29 is 9.90 Å². The molecule has 0 saturated carbocycles. The van der Waals surface area contributed by atoms with Crippen LogP contribution >= 0.6 is 0 Å². The molecule has 1 aromatic carbocycles. The number of carboxylic acid groups (broad SMARTS) is 1. The molecule has 92 valence electrons. The molecule has 3 N–H and O–H groups in total. The van der Waals surface area contributed by atoms with Gasteiger partial charge in [0.2, 0.25) is 0 Å². The molecule has 1 aromatic rings. The van der Waals surface area contributed by atoms with Gasteiger partial charge in [0.15, 0.2) is 0 Å². The molecular formula is C13H18N2O2. The highest BCUT2D eigenvalue weighted by Gasteiger charge is 2.38. The zero-order valence-corrected chi connectivity index (χ0v) is 9.78. The fourth-order valence-corrected chi connectivity index (χ4v) is 2.19. The third-order valence-electron chi connectivity index (χ3n) is 3.34. The first kappa shape index (κ1) is 12.1. The predicted octanol–water partition coefficient (Wildman–Crippen LogP) is 0.983. The number of hydrogen-bond donors (Lipinski definition) is 3. The number of benzene rings is 1. The van der Waals surface area contributed by atoms with Gasteiger partial charge in [-0.3, -0.25) is 10.1 Å². The van der Waals surface area contributed by atoms with Crippen LogP contribution in [0.4, 0.5) is 0 Å². The van der Waals surface area contributed by atoms with Crippen LogP contribution in [0.15, 0.2) is 30.3 Å². The van der Waals surface area contributed by atoms with Gasteiger partial charge in [0.05, 0.1) is 0 Å². The number of piperidine rings is 1. The van der Waals surface area contributed by atoms with E-state index in [9.17, 15) is 9.90 Å². The second-order valence-corrected chi connectivity index (χ2v) is 4.48. The fourth-order valence-electron chi connectivity index (χ4n) is 2.19. The number of carbonyl (C=O) groups is 1. The number of rotatable bonds is 4. The molecule has 0 unspecified atom stereocenters. The molecule has 0 aromatic heterocycles. The summed E-state index contributed by atoms with van der Waals surface area (Å²) in [4.78, 5) is 11.4. The first-order valence-corrected chi connectivity index (χ1v) is 5.96. The summed E-state index contributed by atoms with van der Waals surface area (Å²) < 4.78 is 0. The van der Waals surface area contributed by atoms with E-state index in [0.717, 1.165) is 18.7 Å². The predicted molar refractivity (Wildman–Crippen MR) is 65.8 cm³/mol. The molecular weight excluding hydrogens is 216 g/mol. The molecule has 0 amide bonds. The Bertz CT molecular complexity index is 372. The average Bonchev–Trinajstić information content (AvgIpc) is 2.38. The van der Waals surface area contributed by atoms with E-state index in [1.54, 1.807) is 0 Å². The van der Waals surface area contributed by atoms with E-state index in [1.165, 1.54) is 0 Å². The third-order valence-corrected chi connectivity index (χ3v) is 3.34. The molecule has 1 heterocycles. The molecule has 1 aliphatic heterocycles. The maximum absolute atomic E-state index is 11.4. The molecule has 4 nitrogen and oxygen atoms in total. The summed E-state index contributed by atoms with van der Waals surface area (Å²) in [5, 5.41) is 15.8. The van der Waals surface area contributed by atoms with E-state index in [0.29, 0.717) is 19.4 Å². The first-order chi connectivity index (χ1) is 8.23. The van der Waals surface area contributed by atoms with Crippen LogP contribution in [0.2, 0.25) is 0 Å². The average molecular weight is 234 g/mol. The van der Waals surface area contributed by atoms with Crippen molar-refractivity contribution in [3.05, 3.63) is 35.9 Å². The maximum Gasteiger partial charge on any atom is 0.324 e. The van der Waals surface area contributed by atoms with Gasteiger partial charge in [0.1, 0.15) is 5.54 Å². The van der Waals surface area contributed by atoms with Crippen LogP contribution in [0.1, 0.15) is 18.4 Å². The molecule has 0 aliphatic carbocycles. The van der Waals surface area contributed by atoms with Gasteiger partial charge < -0.3 is 10.4 Å². The van der Waals surface area contributed by atoms with Gasteiger partial charge in [-0.25, -0.2) is 0 Å². The molecule has 0 spiro atoms. The lowest BCUT2D eigenvalue weighted by atomic mass is 9.88. The third kappa shape index (κ3) is 2.84. The van der Waals surface area contributed by atoms with Gasteiger partial charge in [-0.2, -0.15) is 0 Å². The second-order valence-electron chi connectivity index (χ2n) is 4.48. The maximum atomic E-state index is 11.4. The van der Waals surface area contributed by atoms with Crippen LogP contribution in [0.25, 0.3) is 0 Å². The van der Waals surface area contributed by atoms with E-state index in [4.69, 9.17) is 0 Å². The minimum atomic E-state index is -0.763. The van der Waals surface area contributed by atoms with E-state index >= 15 is 0 Å². The Morgan fingerprint density at radius 2 is 1.94 bits per heavy atom. The molecule has 17 heavy (non-hydrogen) atoms. The summed E-state index contributed by atoms with van der Waals surface area (Å²) in [6.45, 7) is 2.12. The van der Waals surface area contributed by atoms with Gasteiger partial charge in [-0.05, 0) is 31.5 Å². The lowest BCUT2D eigenvalue weighted by Gasteiger charge is -2.34. The zero-order chi connectivity index (χ0) is 12.1. The Kier molecular flexibility index (Phi) is 3.76. The van der Waals surface area contributed by atoms with Crippen molar-refractivity contribution >= 4 is 5.97 Å². The molecule has 4 heteroatoms. The van der Waals surface area contributed by atoms with Crippen LogP contribution in [-0.2, 0) is 11.3 Å². The number of nitrogens with one attached hydrogen (secondary N) is 2. The highest BCUT2D eigenvalue weighted by atomic mass is 16.4. The highest BCUT2D eigenvalue weighted by molar-refractivity contribution is 5.79. The molecule has 0 bridgehead atoms. The summed E-state index contributed by atoms with van der Waals surface area (Å²) >= 11 is 0. The Morgan fingerprint density at radius 3 is 2.53 bits per heavy atom. The van der Waals surface area contributed by atoms with E-state index in [1.807, 2.05) is 30.3 Å². The van der Waals surface area contributed by atoms with Gasteiger partial charge >= 0.3 is 5.97 Å². The van der Waals surface area contributed by atoms with Gasteiger partial charge in [-0.1, -0.05) is 30.3 Å². The van der Waals surface area contributed by atoms with E-state index in [-0.39, 0.29) is 0 Å². The van der Waals surface area contributed by atoms with Gasteiger partial charge in [0.25, 0.3) is 0 Å². The van der Waals surface area contributed by atoms with Crippen molar-refractivity contribution in [2.24, 2.45) is 0 Å². The quantitative estimate of drug-likeness (QED) is 0.727. The van der Waals surface area contributed by atoms with Gasteiger partial charge in [0, 0.05) is 6.54 Å². The molecule has 1 aliphatic rings. The largest absolute Gasteiger partial charge is 0.480 e. The normalized spacial score (nSPS) is 18.8. The molecule has 0 radical (unpaired) electrons. The Hall–Kier alpha value is -1.39. The van der Waals surface area contributed by atoms with Crippen LogP contribution in [0.5, 0.6) is 0 Å². The summed E-state index contributed by atoms with van der Waals surface area (Å²) in [7, 11) is 0. The van der Waals surface area contributed by atoms with Crippen molar-refractivity contribution in [2.45, 2.75) is 24.9 Å². The standard InChI is InChI=1S/C13H18N2O2/c16-12(17)13(6-8-14-9-7-13)15-10-11-4-2-1-3-5-11/h1-5,14-15H,6-10H2,(H,16,17). The van der Waals surface area contributed by atoms with Crippen LogP contribution in [-0.4, -0.2) is 29.7 Å². The highest BCUT2D eigenvalue weighted by Crippen LogP contribution is 2.19. The summed E-state index contributed by atoms with van der Waals surface area (Å²) in [6.07, 6.45) is 1.27. The number of hydrogen-bond acceptors (Lipinski definition) is 3. The lowest BCUT2D eigenvalue weighted by molar-refractivity contribution is -0.146. The fraction of sp³-hybridized carbons (Fsp3) is 0.462. The van der Waals surface area contributed by atoms with Crippen molar-refractivity contribution in [1.29, 1.82) is 0 Å². The smallest absolute Gasteiger partial charge is 0.324 e. The Labute approximate surface area is 101 Å². The summed E-state index contributed by atoms with van der Waals surface area (Å²) in [6, 6.07) is 9.90. The molecule has 2 rings (SSSR count). The minimum absolute atomic E-state index is 0.604. The van der Waals surface area contributed by atoms with Crippen LogP contribution in [0.3, 0.4) is 0 Å². The Balaban J connectivity index is 2.01. The molecule has 1 fully saturated rings. The lowest BCUT2D eigenvalue weighted by Crippen LogP contribution is -2.57. The van der Waals surface area contributed by atoms with Gasteiger partial charge in [-0.15, -0.1) is 0 Å². The zero-order valence-electron chi connectivity index (χ0n) is 9.78. The number of aliphatic carboxylic acids is 1. The first-order valence-electron chi connectivity index (χ1n) is 5.96. The number of carboxylic acids is 1. The topological polar surface area (TPSA) is 61.4 Å². The molecule has 1 saturated heterocycles. The van der Waals surface area contributed by atoms with Crippen molar-refractivity contribution in [3.8, 4) is 0 Å². The van der Waals surface area contributed by atoms with Crippen molar-refractivity contribution in [1.82, 2.24) is 10.6 Å². The summed E-state index contributed by atoms with van der Waals surface area (Å²) in [5.74, 6) is -0.741. The SMILES string of the molecule is O=C(O)C1(NCc2ccccc2)CCNCC1. The Morgan fingerprint density at radius 1 is 1.29 bits per heavy atom. The molecule has 0 atom stereocenters. The monoisotopic (exact) mass is 234 g/mol. The van der Waals surface area contributed by atoms with Crippen molar-refractivity contribution in [2.75, 3.05) is 13.1 Å². The van der Waals surface area contributed by atoms with Crippen LogP contribution in [0, 0.1) is 0 Å². The van der Waals surface area contributed by atoms with E-state index < -0.39 is 11.5 Å². The van der Waals surface area contributed by atoms with Crippen LogP contribution < -0.4 is 10.6 Å². The summed E-state index contributed by atoms with van der Waals surface area (Å²) in [5.41, 5.74) is 0.354. The second kappa shape index (κ2) is 5.29. The van der Waals surface area contributed by atoms with Crippen molar-refractivity contribution in [3.63, 3.8) is 0 Å².